The van der Waals surface area contributed by atoms with Gasteiger partial charge < -0.3 is 25.4 Å². The Morgan fingerprint density at radius 1 is 1.06 bits per heavy atom. The highest BCUT2D eigenvalue weighted by Crippen LogP contribution is 2.26. The molecule has 0 spiro atoms. The van der Waals surface area contributed by atoms with Crippen molar-refractivity contribution in [3.63, 3.8) is 0 Å². The van der Waals surface area contributed by atoms with E-state index in [4.69, 9.17) is 4.74 Å². The summed E-state index contributed by atoms with van der Waals surface area (Å²) in [4.78, 5) is 41.4. The Morgan fingerprint density at radius 2 is 1.69 bits per heavy atom. The van der Waals surface area contributed by atoms with Gasteiger partial charge in [0, 0.05) is 12.6 Å². The number of amides is 3. The Bertz CT molecular complexity index is 810. The van der Waals surface area contributed by atoms with E-state index in [1.54, 1.807) is 44.7 Å². The fourth-order valence-corrected chi connectivity index (χ4v) is 4.18. The maximum Gasteiger partial charge on any atom is 0.408 e. The van der Waals surface area contributed by atoms with E-state index in [1.165, 1.54) is 17.0 Å². The van der Waals surface area contributed by atoms with Gasteiger partial charge in [0.25, 0.3) is 0 Å². The van der Waals surface area contributed by atoms with Gasteiger partial charge in [-0.2, -0.15) is 11.8 Å². The number of hydrogen-bond donors (Lipinski definition) is 3. The lowest BCUT2D eigenvalue weighted by Crippen LogP contribution is -2.54. The van der Waals surface area contributed by atoms with Crippen LogP contribution in [0, 0.1) is 0 Å². The highest BCUT2D eigenvalue weighted by Gasteiger charge is 2.36. The minimum atomic E-state index is -0.903. The molecule has 0 saturated carbocycles. The molecule has 0 bridgehead atoms. The van der Waals surface area contributed by atoms with Crippen molar-refractivity contribution in [2.24, 2.45) is 0 Å². The van der Waals surface area contributed by atoms with Crippen molar-refractivity contribution in [1.29, 1.82) is 0 Å². The first kappa shape index (κ1) is 30.6. The number of rotatable bonds is 13. The number of nitrogens with one attached hydrogen (secondary N) is 2. The van der Waals surface area contributed by atoms with E-state index in [1.807, 2.05) is 27.0 Å². The van der Waals surface area contributed by atoms with Gasteiger partial charge in [0.1, 0.15) is 23.4 Å². The van der Waals surface area contributed by atoms with Crippen molar-refractivity contribution in [2.45, 2.75) is 91.0 Å². The lowest BCUT2D eigenvalue weighted by Gasteiger charge is -2.35. The van der Waals surface area contributed by atoms with Gasteiger partial charge in [-0.3, -0.25) is 9.59 Å². The first-order valence-electron chi connectivity index (χ1n) is 12.3. The monoisotopic (exact) mass is 509 g/mol. The topological polar surface area (TPSA) is 108 Å². The molecule has 198 valence electrons. The molecule has 0 aliphatic heterocycles. The number of thioether (sulfide) groups is 1. The standard InChI is InChI=1S/C26H43N3O5S/c1-8-10-18(3)27-23(31)22(19-11-13-20(30)14-12-19)29(16-9-2)24(32)21(15-17-35-7)28-25(33)34-26(4,5)6/h11-14,18,21-22,30H,8-10,15-17H2,1-7H3,(H,27,31)(H,28,33). The van der Waals surface area contributed by atoms with Crippen LogP contribution in [0.4, 0.5) is 4.79 Å². The van der Waals surface area contributed by atoms with Crippen molar-refractivity contribution < 1.29 is 24.2 Å². The Kier molecular flexibility index (Phi) is 13.0. The zero-order chi connectivity index (χ0) is 26.6. The molecular formula is C26H43N3O5S. The van der Waals surface area contributed by atoms with Crippen LogP contribution in [0.15, 0.2) is 24.3 Å². The first-order valence-corrected chi connectivity index (χ1v) is 13.7. The molecule has 9 heteroatoms. The molecule has 3 atom stereocenters. The van der Waals surface area contributed by atoms with Gasteiger partial charge in [0.05, 0.1) is 0 Å². The average Bonchev–Trinajstić information content (AvgIpc) is 2.76. The lowest BCUT2D eigenvalue weighted by atomic mass is 10.0. The van der Waals surface area contributed by atoms with Gasteiger partial charge in [-0.15, -0.1) is 0 Å². The summed E-state index contributed by atoms with van der Waals surface area (Å²) in [6.45, 7) is 11.5. The van der Waals surface area contributed by atoms with Crippen LogP contribution in [0.5, 0.6) is 5.75 Å². The zero-order valence-electron chi connectivity index (χ0n) is 22.2. The molecule has 1 rings (SSSR count). The summed E-state index contributed by atoms with van der Waals surface area (Å²) in [6.07, 6.45) is 4.01. The van der Waals surface area contributed by atoms with Gasteiger partial charge in [-0.05, 0) is 76.7 Å². The Labute approximate surface area is 214 Å². The van der Waals surface area contributed by atoms with Crippen LogP contribution in [0.25, 0.3) is 0 Å². The second-order valence-electron chi connectivity index (χ2n) is 9.70. The van der Waals surface area contributed by atoms with Gasteiger partial charge in [0.15, 0.2) is 0 Å². The highest BCUT2D eigenvalue weighted by molar-refractivity contribution is 7.98. The smallest absolute Gasteiger partial charge is 0.408 e. The molecule has 0 heterocycles. The molecule has 8 nitrogen and oxygen atoms in total. The average molecular weight is 510 g/mol. The van der Waals surface area contributed by atoms with Crippen LogP contribution in [0.3, 0.4) is 0 Å². The fraction of sp³-hybridized carbons (Fsp3) is 0.654. The zero-order valence-corrected chi connectivity index (χ0v) is 23.0. The second kappa shape index (κ2) is 14.9. The summed E-state index contributed by atoms with van der Waals surface area (Å²) < 4.78 is 5.39. The highest BCUT2D eigenvalue weighted by atomic mass is 32.2. The third-order valence-corrected chi connectivity index (χ3v) is 5.87. The van der Waals surface area contributed by atoms with E-state index in [0.29, 0.717) is 30.7 Å². The SMILES string of the molecule is CCCC(C)NC(=O)C(c1ccc(O)cc1)N(CCC)C(=O)C(CCSC)NC(=O)OC(C)(C)C. The van der Waals surface area contributed by atoms with Crippen molar-refractivity contribution in [1.82, 2.24) is 15.5 Å². The number of phenols is 1. The molecule has 35 heavy (non-hydrogen) atoms. The van der Waals surface area contributed by atoms with Crippen molar-refractivity contribution in [2.75, 3.05) is 18.6 Å². The number of carbonyl (C=O) groups is 3. The normalized spacial score (nSPS) is 13.9. The van der Waals surface area contributed by atoms with E-state index >= 15 is 0 Å². The maximum absolute atomic E-state index is 13.9. The number of benzene rings is 1. The fourth-order valence-electron chi connectivity index (χ4n) is 3.71. The van der Waals surface area contributed by atoms with Gasteiger partial charge in [-0.25, -0.2) is 4.79 Å². The molecular weight excluding hydrogens is 466 g/mol. The number of ether oxygens (including phenoxy) is 1. The third-order valence-electron chi connectivity index (χ3n) is 5.23. The van der Waals surface area contributed by atoms with E-state index in [0.717, 1.165) is 12.8 Å². The molecule has 3 N–H and O–H groups in total. The first-order chi connectivity index (χ1) is 16.4. The largest absolute Gasteiger partial charge is 0.508 e. The van der Waals surface area contributed by atoms with E-state index in [2.05, 4.69) is 10.6 Å². The number of phenolic OH excluding ortho intramolecular Hbond substituents is 1. The summed E-state index contributed by atoms with van der Waals surface area (Å²) in [6, 6.07) is 4.51. The molecule has 1 aromatic rings. The maximum atomic E-state index is 13.9. The Morgan fingerprint density at radius 3 is 2.20 bits per heavy atom. The van der Waals surface area contributed by atoms with Crippen LogP contribution in [0.2, 0.25) is 0 Å². The second-order valence-corrected chi connectivity index (χ2v) is 10.7. The summed E-state index contributed by atoms with van der Waals surface area (Å²) >= 11 is 1.57. The van der Waals surface area contributed by atoms with Crippen LogP contribution in [0.1, 0.15) is 78.8 Å². The predicted octanol–water partition coefficient (Wildman–Crippen LogP) is 4.62. The number of carbonyl (C=O) groups excluding carboxylic acids is 3. The molecule has 1 aromatic carbocycles. The minimum absolute atomic E-state index is 0.0575. The number of nitrogens with zero attached hydrogens (tertiary/aromatic N) is 1. The van der Waals surface area contributed by atoms with E-state index < -0.39 is 23.8 Å². The number of aromatic hydroxyl groups is 1. The molecule has 0 fully saturated rings. The van der Waals surface area contributed by atoms with Crippen LogP contribution >= 0.6 is 11.8 Å². The summed E-state index contributed by atoms with van der Waals surface area (Å²) in [5.74, 6) is 0.0861. The van der Waals surface area contributed by atoms with Gasteiger partial charge in [0.2, 0.25) is 11.8 Å². The Hall–Kier alpha value is -2.42. The van der Waals surface area contributed by atoms with Crippen molar-refractivity contribution in [3.05, 3.63) is 29.8 Å². The molecule has 0 radical (unpaired) electrons. The Balaban J connectivity index is 3.37. The molecule has 0 aliphatic rings. The minimum Gasteiger partial charge on any atom is -0.508 e. The third kappa shape index (κ3) is 10.8. The number of hydrogen-bond acceptors (Lipinski definition) is 6. The lowest BCUT2D eigenvalue weighted by molar-refractivity contribution is -0.142. The summed E-state index contributed by atoms with van der Waals surface area (Å²) in [5.41, 5.74) is -0.115. The number of alkyl carbamates (subject to hydrolysis) is 1. The van der Waals surface area contributed by atoms with Crippen LogP contribution < -0.4 is 10.6 Å². The summed E-state index contributed by atoms with van der Waals surface area (Å²) in [7, 11) is 0. The molecule has 3 unspecified atom stereocenters. The molecule has 3 amide bonds. The summed E-state index contributed by atoms with van der Waals surface area (Å²) in [5, 5.41) is 15.5. The van der Waals surface area contributed by atoms with Crippen molar-refractivity contribution >= 4 is 29.7 Å². The van der Waals surface area contributed by atoms with Gasteiger partial charge in [-0.1, -0.05) is 32.4 Å². The molecule has 0 saturated heterocycles. The van der Waals surface area contributed by atoms with Crippen molar-refractivity contribution in [3.8, 4) is 5.75 Å². The molecule has 0 aliphatic carbocycles. The predicted molar refractivity (Wildman–Crippen MR) is 142 cm³/mol. The van der Waals surface area contributed by atoms with Crippen LogP contribution in [-0.4, -0.2) is 64.2 Å². The quantitative estimate of drug-likeness (QED) is 0.358. The molecule has 0 aromatic heterocycles. The van der Waals surface area contributed by atoms with E-state index in [-0.39, 0.29) is 23.6 Å². The van der Waals surface area contributed by atoms with Crippen LogP contribution in [-0.2, 0) is 14.3 Å². The van der Waals surface area contributed by atoms with E-state index in [9.17, 15) is 19.5 Å². The van der Waals surface area contributed by atoms with Gasteiger partial charge >= 0.3 is 6.09 Å².